The van der Waals surface area contributed by atoms with E-state index in [2.05, 4.69) is 20.4 Å². The molecule has 2 fully saturated rings. The fraction of sp³-hybridized carbons (Fsp3) is 0.550. The van der Waals surface area contributed by atoms with E-state index in [9.17, 15) is 4.79 Å². The van der Waals surface area contributed by atoms with Gasteiger partial charge in [0.15, 0.2) is 0 Å². The Labute approximate surface area is 159 Å². The zero-order valence-electron chi connectivity index (χ0n) is 15.7. The summed E-state index contributed by atoms with van der Waals surface area (Å²) in [6, 6.07) is 7.91. The molecule has 1 unspecified atom stereocenters. The molecule has 1 aromatic carbocycles. The van der Waals surface area contributed by atoms with Crippen molar-refractivity contribution >= 4 is 5.91 Å². The molecule has 0 radical (unpaired) electrons. The first-order valence-electron chi connectivity index (χ1n) is 9.74. The molecule has 4 rings (SSSR count). The highest BCUT2D eigenvalue weighted by atomic mass is 16.5. The number of nitrogens with zero attached hydrogens (tertiary/aromatic N) is 3. The molecule has 3 heterocycles. The first kappa shape index (κ1) is 18.1. The Morgan fingerprint density at radius 3 is 2.70 bits per heavy atom. The Morgan fingerprint density at radius 1 is 1.15 bits per heavy atom. The van der Waals surface area contributed by atoms with Gasteiger partial charge < -0.3 is 14.5 Å². The van der Waals surface area contributed by atoms with E-state index < -0.39 is 0 Å². The Bertz CT molecular complexity index is 768. The molecule has 1 aromatic heterocycles. The maximum atomic E-state index is 11.7. The molecule has 0 aliphatic carbocycles. The molecule has 7 nitrogen and oxygen atoms in total. The van der Waals surface area contributed by atoms with Crippen molar-refractivity contribution in [2.45, 2.75) is 50.8 Å². The maximum Gasteiger partial charge on any atom is 0.251 e. The quantitative estimate of drug-likeness (QED) is 0.871. The number of ether oxygens (including phenoxy) is 1. The van der Waals surface area contributed by atoms with Crippen LogP contribution < -0.4 is 5.32 Å². The van der Waals surface area contributed by atoms with Crippen LogP contribution >= 0.6 is 0 Å². The molecule has 0 bridgehead atoms. The highest BCUT2D eigenvalue weighted by Crippen LogP contribution is 2.34. The normalized spacial score (nSPS) is 23.4. The second-order valence-corrected chi connectivity index (χ2v) is 7.24. The second kappa shape index (κ2) is 8.19. The van der Waals surface area contributed by atoms with Gasteiger partial charge in [-0.2, -0.15) is 0 Å². The van der Waals surface area contributed by atoms with Crippen LogP contribution in [0.5, 0.6) is 0 Å². The van der Waals surface area contributed by atoms with E-state index in [1.807, 2.05) is 24.3 Å². The number of rotatable bonds is 5. The SMILES string of the molecule is CNC(=O)c1ccc(CN2CCCCC2c2nnc([C@H]3CCCO3)o2)cc1. The zero-order chi connectivity index (χ0) is 18.6. The van der Waals surface area contributed by atoms with Gasteiger partial charge in [-0.1, -0.05) is 18.6 Å². The first-order valence-corrected chi connectivity index (χ1v) is 9.74. The predicted molar refractivity (Wildman–Crippen MR) is 99.1 cm³/mol. The monoisotopic (exact) mass is 370 g/mol. The molecule has 2 atom stereocenters. The third kappa shape index (κ3) is 4.04. The van der Waals surface area contributed by atoms with Crippen molar-refractivity contribution in [2.75, 3.05) is 20.2 Å². The summed E-state index contributed by atoms with van der Waals surface area (Å²) in [4.78, 5) is 14.1. The molecule has 144 valence electrons. The summed E-state index contributed by atoms with van der Waals surface area (Å²) < 4.78 is 11.7. The van der Waals surface area contributed by atoms with Crippen molar-refractivity contribution in [3.8, 4) is 0 Å². The van der Waals surface area contributed by atoms with E-state index in [4.69, 9.17) is 9.15 Å². The number of likely N-dealkylation sites (tertiary alicyclic amines) is 1. The molecule has 2 aliphatic rings. The lowest BCUT2D eigenvalue weighted by atomic mass is 10.0. The van der Waals surface area contributed by atoms with Gasteiger partial charge in [0.05, 0.1) is 6.04 Å². The van der Waals surface area contributed by atoms with E-state index in [-0.39, 0.29) is 18.1 Å². The molecule has 0 saturated carbocycles. The van der Waals surface area contributed by atoms with Gasteiger partial charge in [-0.15, -0.1) is 10.2 Å². The molecule has 2 saturated heterocycles. The fourth-order valence-electron chi connectivity index (χ4n) is 3.88. The molecule has 1 N–H and O–H groups in total. The summed E-state index contributed by atoms with van der Waals surface area (Å²) in [5.41, 5.74) is 1.85. The Hall–Kier alpha value is -2.25. The Balaban J connectivity index is 1.47. The number of carbonyl (C=O) groups is 1. The number of piperidine rings is 1. The largest absolute Gasteiger partial charge is 0.421 e. The van der Waals surface area contributed by atoms with Crippen LogP contribution in [0.4, 0.5) is 0 Å². The summed E-state index contributed by atoms with van der Waals surface area (Å²) in [6.45, 7) is 2.57. The lowest BCUT2D eigenvalue weighted by molar-refractivity contribution is 0.0795. The Morgan fingerprint density at radius 2 is 1.96 bits per heavy atom. The highest BCUT2D eigenvalue weighted by Gasteiger charge is 2.31. The third-order valence-electron chi connectivity index (χ3n) is 5.39. The Kier molecular flexibility index (Phi) is 5.50. The second-order valence-electron chi connectivity index (χ2n) is 7.24. The summed E-state index contributed by atoms with van der Waals surface area (Å²) >= 11 is 0. The van der Waals surface area contributed by atoms with Crippen LogP contribution in [-0.2, 0) is 11.3 Å². The number of benzene rings is 1. The van der Waals surface area contributed by atoms with Crippen molar-refractivity contribution in [1.29, 1.82) is 0 Å². The van der Waals surface area contributed by atoms with Crippen LogP contribution in [0.25, 0.3) is 0 Å². The van der Waals surface area contributed by atoms with Crippen molar-refractivity contribution in [1.82, 2.24) is 20.4 Å². The van der Waals surface area contributed by atoms with Crippen molar-refractivity contribution in [3.63, 3.8) is 0 Å². The molecule has 0 spiro atoms. The average molecular weight is 370 g/mol. The average Bonchev–Trinajstić information content (AvgIpc) is 3.40. The summed E-state index contributed by atoms with van der Waals surface area (Å²) in [7, 11) is 1.64. The first-order chi connectivity index (χ1) is 13.2. The predicted octanol–water partition coefficient (Wildman–Crippen LogP) is 3.01. The van der Waals surface area contributed by atoms with E-state index in [0.29, 0.717) is 17.3 Å². The van der Waals surface area contributed by atoms with Crippen molar-refractivity contribution in [3.05, 3.63) is 47.2 Å². The molecule has 7 heteroatoms. The molecule has 2 aliphatic heterocycles. The maximum absolute atomic E-state index is 11.7. The molecular weight excluding hydrogens is 344 g/mol. The van der Waals surface area contributed by atoms with Crippen LogP contribution in [0.15, 0.2) is 28.7 Å². The topological polar surface area (TPSA) is 80.5 Å². The standard InChI is InChI=1S/C20H26N4O3/c1-21-18(25)15-9-7-14(8-10-15)13-24-11-3-2-5-16(24)19-22-23-20(27-19)17-6-4-12-26-17/h7-10,16-17H,2-6,11-13H2,1H3,(H,21,25)/t16?,17-/m1/s1. The van der Waals surface area contributed by atoms with Crippen LogP contribution in [0.1, 0.15) is 72.0 Å². The van der Waals surface area contributed by atoms with Gasteiger partial charge in [-0.3, -0.25) is 9.69 Å². The smallest absolute Gasteiger partial charge is 0.251 e. The molecule has 2 aromatic rings. The minimum absolute atomic E-state index is 0.0412. The number of amides is 1. The summed E-state index contributed by atoms with van der Waals surface area (Å²) in [5, 5.41) is 11.2. The fourth-order valence-corrected chi connectivity index (χ4v) is 3.88. The zero-order valence-corrected chi connectivity index (χ0v) is 15.7. The lowest BCUT2D eigenvalue weighted by Crippen LogP contribution is -2.33. The van der Waals surface area contributed by atoms with E-state index >= 15 is 0 Å². The van der Waals surface area contributed by atoms with E-state index in [0.717, 1.165) is 45.4 Å². The van der Waals surface area contributed by atoms with Crippen LogP contribution in [0.2, 0.25) is 0 Å². The van der Waals surface area contributed by atoms with Crippen LogP contribution in [0, 0.1) is 0 Å². The minimum Gasteiger partial charge on any atom is -0.421 e. The molecule has 1 amide bonds. The van der Waals surface area contributed by atoms with Crippen molar-refractivity contribution in [2.24, 2.45) is 0 Å². The number of carbonyl (C=O) groups excluding carboxylic acids is 1. The summed E-state index contributed by atoms with van der Waals surface area (Å²) in [5.74, 6) is 1.25. The minimum atomic E-state index is -0.0649. The van der Waals surface area contributed by atoms with Crippen LogP contribution in [-0.4, -0.2) is 41.2 Å². The van der Waals surface area contributed by atoms with E-state index in [1.165, 1.54) is 12.0 Å². The summed E-state index contributed by atoms with van der Waals surface area (Å²) in [6.07, 6.45) is 5.30. The number of nitrogens with one attached hydrogen (secondary N) is 1. The van der Waals surface area contributed by atoms with E-state index in [1.54, 1.807) is 7.05 Å². The van der Waals surface area contributed by atoms with Crippen LogP contribution in [0.3, 0.4) is 0 Å². The number of hydrogen-bond donors (Lipinski definition) is 1. The van der Waals surface area contributed by atoms with Gasteiger partial charge in [-0.25, -0.2) is 0 Å². The van der Waals surface area contributed by atoms with Crippen molar-refractivity contribution < 1.29 is 13.9 Å². The number of aromatic nitrogens is 2. The molecular formula is C20H26N4O3. The van der Waals surface area contributed by atoms with Gasteiger partial charge in [0.1, 0.15) is 6.10 Å². The van der Waals surface area contributed by atoms with Gasteiger partial charge in [-0.05, 0) is 49.9 Å². The van der Waals surface area contributed by atoms with Gasteiger partial charge in [0.25, 0.3) is 5.91 Å². The third-order valence-corrected chi connectivity index (χ3v) is 5.39. The lowest BCUT2D eigenvalue weighted by Gasteiger charge is -2.33. The van der Waals surface area contributed by atoms with Gasteiger partial charge in [0, 0.05) is 25.8 Å². The molecule has 27 heavy (non-hydrogen) atoms. The van der Waals surface area contributed by atoms with Gasteiger partial charge in [0.2, 0.25) is 11.8 Å². The van der Waals surface area contributed by atoms with Gasteiger partial charge >= 0.3 is 0 Å². The number of hydrogen-bond acceptors (Lipinski definition) is 6. The highest BCUT2D eigenvalue weighted by molar-refractivity contribution is 5.93.